The molecule has 0 radical (unpaired) electrons. The van der Waals surface area contributed by atoms with E-state index in [1.165, 1.54) is 43.0 Å². The van der Waals surface area contributed by atoms with Crippen molar-refractivity contribution in [1.29, 1.82) is 0 Å². The third kappa shape index (κ3) is 2.38. The molecule has 1 aromatic carbocycles. The summed E-state index contributed by atoms with van der Waals surface area (Å²) in [5, 5.41) is 2.60. The fourth-order valence-corrected chi connectivity index (χ4v) is 1.15. The highest BCUT2D eigenvalue weighted by Crippen LogP contribution is 2.09. The Morgan fingerprint density at radius 3 is 2.38 bits per heavy atom. The lowest BCUT2D eigenvalue weighted by Crippen LogP contribution is -2.12. The van der Waals surface area contributed by atoms with E-state index in [1.807, 2.05) is 0 Å². The van der Waals surface area contributed by atoms with Gasteiger partial charge in [-0.25, -0.2) is 14.4 Å². The zero-order chi connectivity index (χ0) is 11.4. The van der Waals surface area contributed by atoms with E-state index in [0.717, 1.165) is 0 Å². The Labute approximate surface area is 91.2 Å². The highest BCUT2D eigenvalue weighted by molar-refractivity contribution is 6.03. The summed E-state index contributed by atoms with van der Waals surface area (Å²) >= 11 is 0. The van der Waals surface area contributed by atoms with Gasteiger partial charge in [0, 0.05) is 18.1 Å². The van der Waals surface area contributed by atoms with E-state index in [-0.39, 0.29) is 11.7 Å². The number of hydrogen-bond acceptors (Lipinski definition) is 3. The van der Waals surface area contributed by atoms with E-state index in [4.69, 9.17) is 0 Å². The predicted molar refractivity (Wildman–Crippen MR) is 56.4 cm³/mol. The highest BCUT2D eigenvalue weighted by Gasteiger charge is 2.05. The molecule has 0 aliphatic carbocycles. The number of halogens is 1. The van der Waals surface area contributed by atoms with Gasteiger partial charge in [0.2, 0.25) is 0 Å². The summed E-state index contributed by atoms with van der Waals surface area (Å²) < 4.78 is 12.6. The number of aromatic nitrogens is 2. The van der Waals surface area contributed by atoms with Crippen LogP contribution in [0.4, 0.5) is 10.1 Å². The molecule has 1 aromatic heterocycles. The summed E-state index contributed by atoms with van der Waals surface area (Å²) in [6, 6.07) is 5.52. The third-order valence-electron chi connectivity index (χ3n) is 1.92. The van der Waals surface area contributed by atoms with Gasteiger partial charge in [-0.15, -0.1) is 0 Å². The van der Waals surface area contributed by atoms with Crippen molar-refractivity contribution in [2.45, 2.75) is 0 Å². The number of rotatable bonds is 2. The molecule has 0 aliphatic rings. The normalized spacial score (nSPS) is 9.81. The number of amides is 1. The molecule has 2 rings (SSSR count). The van der Waals surface area contributed by atoms with E-state index in [1.54, 1.807) is 0 Å². The molecule has 0 bridgehead atoms. The molecule has 1 amide bonds. The SMILES string of the molecule is O=C(Nc1ccc(F)cc1)c1cncnc1. The van der Waals surface area contributed by atoms with Crippen molar-refractivity contribution in [3.8, 4) is 0 Å². The standard InChI is InChI=1S/C11H8FN3O/c12-9-1-3-10(4-2-9)15-11(16)8-5-13-7-14-6-8/h1-7H,(H,15,16). The van der Waals surface area contributed by atoms with Gasteiger partial charge in [0.25, 0.3) is 5.91 Å². The first kappa shape index (κ1) is 10.2. The summed E-state index contributed by atoms with van der Waals surface area (Å²) in [6.45, 7) is 0. The molecule has 0 saturated heterocycles. The van der Waals surface area contributed by atoms with Gasteiger partial charge in [-0.2, -0.15) is 0 Å². The van der Waals surface area contributed by atoms with Crippen LogP contribution in [0.5, 0.6) is 0 Å². The molecular formula is C11H8FN3O. The van der Waals surface area contributed by atoms with E-state index in [2.05, 4.69) is 15.3 Å². The quantitative estimate of drug-likeness (QED) is 0.835. The van der Waals surface area contributed by atoms with E-state index < -0.39 is 0 Å². The maximum atomic E-state index is 12.6. The summed E-state index contributed by atoms with van der Waals surface area (Å²) in [4.78, 5) is 19.1. The maximum Gasteiger partial charge on any atom is 0.258 e. The Bertz CT molecular complexity index is 484. The second-order valence-electron chi connectivity index (χ2n) is 3.09. The molecule has 0 unspecified atom stereocenters. The number of carbonyl (C=O) groups is 1. The number of benzene rings is 1. The van der Waals surface area contributed by atoms with Crippen molar-refractivity contribution < 1.29 is 9.18 Å². The average Bonchev–Trinajstić information content (AvgIpc) is 2.33. The van der Waals surface area contributed by atoms with Crippen molar-refractivity contribution in [2.75, 3.05) is 5.32 Å². The minimum atomic E-state index is -0.346. The predicted octanol–water partition coefficient (Wildman–Crippen LogP) is 1.87. The number of hydrogen-bond donors (Lipinski definition) is 1. The Balaban J connectivity index is 2.11. The second kappa shape index (κ2) is 4.48. The summed E-state index contributed by atoms with van der Waals surface area (Å²) in [6.07, 6.45) is 4.16. The monoisotopic (exact) mass is 217 g/mol. The lowest BCUT2D eigenvalue weighted by molar-refractivity contribution is 0.102. The first-order valence-electron chi connectivity index (χ1n) is 4.57. The molecule has 2 aromatic rings. The third-order valence-corrected chi connectivity index (χ3v) is 1.92. The van der Waals surface area contributed by atoms with Crippen LogP contribution in [-0.2, 0) is 0 Å². The van der Waals surface area contributed by atoms with Crippen molar-refractivity contribution in [2.24, 2.45) is 0 Å². The smallest absolute Gasteiger partial charge is 0.258 e. The van der Waals surface area contributed by atoms with Crippen molar-refractivity contribution in [3.63, 3.8) is 0 Å². The van der Waals surface area contributed by atoms with Gasteiger partial charge >= 0.3 is 0 Å². The van der Waals surface area contributed by atoms with Crippen LogP contribution in [0, 0.1) is 5.82 Å². The fourth-order valence-electron chi connectivity index (χ4n) is 1.15. The molecule has 4 nitrogen and oxygen atoms in total. The lowest BCUT2D eigenvalue weighted by Gasteiger charge is -2.03. The number of nitrogens with zero attached hydrogens (tertiary/aromatic N) is 2. The molecule has 5 heteroatoms. The molecule has 0 saturated carbocycles. The molecule has 1 N–H and O–H groups in total. The van der Waals surface area contributed by atoms with Gasteiger partial charge < -0.3 is 5.32 Å². The van der Waals surface area contributed by atoms with Crippen molar-refractivity contribution >= 4 is 11.6 Å². The molecule has 0 aliphatic heterocycles. The Morgan fingerprint density at radius 2 is 1.75 bits per heavy atom. The summed E-state index contributed by atoms with van der Waals surface area (Å²) in [5.41, 5.74) is 0.877. The lowest BCUT2D eigenvalue weighted by atomic mass is 10.3. The Hall–Kier alpha value is -2.30. The molecule has 0 spiro atoms. The number of carbonyl (C=O) groups excluding carboxylic acids is 1. The molecule has 16 heavy (non-hydrogen) atoms. The van der Waals surface area contributed by atoms with E-state index in [9.17, 15) is 9.18 Å². The van der Waals surface area contributed by atoms with Crippen LogP contribution >= 0.6 is 0 Å². The van der Waals surface area contributed by atoms with Crippen molar-refractivity contribution in [3.05, 3.63) is 54.4 Å². The average molecular weight is 217 g/mol. The first-order chi connectivity index (χ1) is 7.75. The minimum Gasteiger partial charge on any atom is -0.322 e. The van der Waals surface area contributed by atoms with Crippen molar-refractivity contribution in [1.82, 2.24) is 9.97 Å². The van der Waals surface area contributed by atoms with Gasteiger partial charge in [-0.05, 0) is 24.3 Å². The molecule has 80 valence electrons. The number of anilines is 1. The molecule has 0 fully saturated rings. The Kier molecular flexibility index (Phi) is 2.86. The molecule has 0 atom stereocenters. The fraction of sp³-hybridized carbons (Fsp3) is 0. The van der Waals surface area contributed by atoms with Crippen LogP contribution in [0.15, 0.2) is 43.0 Å². The van der Waals surface area contributed by atoms with Gasteiger partial charge in [-0.3, -0.25) is 4.79 Å². The first-order valence-corrected chi connectivity index (χ1v) is 4.57. The van der Waals surface area contributed by atoms with E-state index in [0.29, 0.717) is 11.3 Å². The Morgan fingerprint density at radius 1 is 1.12 bits per heavy atom. The topological polar surface area (TPSA) is 54.9 Å². The largest absolute Gasteiger partial charge is 0.322 e. The summed E-state index contributed by atoms with van der Waals surface area (Å²) in [7, 11) is 0. The van der Waals surface area contributed by atoms with E-state index >= 15 is 0 Å². The van der Waals surface area contributed by atoms with Gasteiger partial charge in [0.1, 0.15) is 12.1 Å². The van der Waals surface area contributed by atoms with Crippen LogP contribution in [0.25, 0.3) is 0 Å². The highest BCUT2D eigenvalue weighted by atomic mass is 19.1. The zero-order valence-corrected chi connectivity index (χ0v) is 8.22. The van der Waals surface area contributed by atoms with Gasteiger partial charge in [0.15, 0.2) is 0 Å². The molecular weight excluding hydrogens is 209 g/mol. The summed E-state index contributed by atoms with van der Waals surface area (Å²) in [5.74, 6) is -0.673. The number of nitrogens with one attached hydrogen (secondary N) is 1. The second-order valence-corrected chi connectivity index (χ2v) is 3.09. The minimum absolute atomic E-state index is 0.327. The van der Waals surface area contributed by atoms with Gasteiger partial charge in [-0.1, -0.05) is 0 Å². The van der Waals surface area contributed by atoms with Crippen LogP contribution in [0.3, 0.4) is 0 Å². The zero-order valence-electron chi connectivity index (χ0n) is 8.22. The van der Waals surface area contributed by atoms with Gasteiger partial charge in [0.05, 0.1) is 5.56 Å². The van der Waals surface area contributed by atoms with Crippen LogP contribution < -0.4 is 5.32 Å². The van der Waals surface area contributed by atoms with Crippen LogP contribution in [0.2, 0.25) is 0 Å². The van der Waals surface area contributed by atoms with Crippen LogP contribution in [0.1, 0.15) is 10.4 Å². The maximum absolute atomic E-state index is 12.6. The molecule has 1 heterocycles. The van der Waals surface area contributed by atoms with Crippen LogP contribution in [-0.4, -0.2) is 15.9 Å².